The summed E-state index contributed by atoms with van der Waals surface area (Å²) in [6, 6.07) is -3.22. The third-order valence-electron chi connectivity index (χ3n) is 2.29. The Hall–Kier alpha value is -2.16. The Bertz CT molecular complexity index is 392. The van der Waals surface area contributed by atoms with Crippen molar-refractivity contribution >= 4 is 23.8 Å². The molecule has 3 unspecified atom stereocenters. The summed E-state index contributed by atoms with van der Waals surface area (Å²) in [5.74, 6) is -2.87. The molecule has 2 rings (SSSR count). The maximum Gasteiger partial charge on any atom is 0.330 e. The van der Waals surface area contributed by atoms with Gasteiger partial charge in [0.2, 0.25) is 11.8 Å². The zero-order valence-electron chi connectivity index (χ0n) is 7.81. The Morgan fingerprint density at radius 1 is 1.12 bits per heavy atom. The number of nitrogens with one attached hydrogen (secondary N) is 4. The van der Waals surface area contributed by atoms with Gasteiger partial charge in [0.1, 0.15) is 12.2 Å². The van der Waals surface area contributed by atoms with Crippen LogP contribution in [0.1, 0.15) is 0 Å². The number of piperazine rings is 1. The molecule has 0 aromatic rings. The maximum absolute atomic E-state index is 11.3. The van der Waals surface area contributed by atoms with Crippen LogP contribution in [0, 0.1) is 0 Å². The summed E-state index contributed by atoms with van der Waals surface area (Å²) in [5, 5.41) is 17.5. The van der Waals surface area contributed by atoms with Crippen LogP contribution in [0.2, 0.25) is 0 Å². The van der Waals surface area contributed by atoms with Crippen LogP contribution in [0.3, 0.4) is 0 Å². The summed E-state index contributed by atoms with van der Waals surface area (Å²) < 4.78 is 0. The first-order valence-electron chi connectivity index (χ1n) is 4.39. The van der Waals surface area contributed by atoms with Crippen LogP contribution in [0.15, 0.2) is 0 Å². The minimum Gasteiger partial charge on any atom is -0.480 e. The fourth-order valence-corrected chi connectivity index (χ4v) is 1.57. The molecule has 16 heavy (non-hydrogen) atoms. The molecule has 2 aliphatic rings. The average molecular weight is 228 g/mol. The fraction of sp³-hybridized carbons (Fsp3) is 0.429. The van der Waals surface area contributed by atoms with E-state index in [1.807, 2.05) is 5.32 Å². The standard InChI is InChI=1S/C7H8N4O5/c12-4-1-3(10-7(16)11-4)9-5(13)2(8-1)6(14)15/h1-3,8H,(H,9,13)(H,14,15)(H2,10,11,12,16). The lowest BCUT2D eigenvalue weighted by Crippen LogP contribution is -2.77. The van der Waals surface area contributed by atoms with Crippen LogP contribution in [-0.2, 0) is 14.4 Å². The fourth-order valence-electron chi connectivity index (χ4n) is 1.57. The number of imide groups is 1. The number of carbonyl (C=O) groups excluding carboxylic acids is 3. The molecule has 2 heterocycles. The first-order valence-corrected chi connectivity index (χ1v) is 4.39. The monoisotopic (exact) mass is 228 g/mol. The molecule has 0 aromatic heterocycles. The summed E-state index contributed by atoms with van der Waals surface area (Å²) in [6.07, 6.45) is -0.927. The van der Waals surface area contributed by atoms with Crippen LogP contribution in [0.4, 0.5) is 4.79 Å². The van der Waals surface area contributed by atoms with Gasteiger partial charge in [0.25, 0.3) is 0 Å². The van der Waals surface area contributed by atoms with Crippen molar-refractivity contribution in [3.8, 4) is 0 Å². The quantitative estimate of drug-likeness (QED) is 0.298. The van der Waals surface area contributed by atoms with E-state index in [-0.39, 0.29) is 0 Å². The van der Waals surface area contributed by atoms with Gasteiger partial charge in [-0.2, -0.15) is 0 Å². The molecule has 2 saturated heterocycles. The Morgan fingerprint density at radius 2 is 1.81 bits per heavy atom. The van der Waals surface area contributed by atoms with Gasteiger partial charge in [0.15, 0.2) is 6.04 Å². The van der Waals surface area contributed by atoms with E-state index in [0.29, 0.717) is 0 Å². The number of amides is 4. The van der Waals surface area contributed by atoms with Gasteiger partial charge in [0.05, 0.1) is 0 Å². The number of fused-ring (bicyclic) bond motifs is 1. The zero-order valence-corrected chi connectivity index (χ0v) is 7.81. The summed E-state index contributed by atoms with van der Waals surface area (Å²) in [5.41, 5.74) is 0. The summed E-state index contributed by atoms with van der Waals surface area (Å²) in [6.45, 7) is 0. The number of carbonyl (C=O) groups is 4. The molecule has 0 aliphatic carbocycles. The van der Waals surface area contributed by atoms with Crippen molar-refractivity contribution in [1.29, 1.82) is 0 Å². The van der Waals surface area contributed by atoms with Gasteiger partial charge < -0.3 is 15.7 Å². The molecule has 0 aromatic carbocycles. The van der Waals surface area contributed by atoms with E-state index in [4.69, 9.17) is 5.11 Å². The smallest absolute Gasteiger partial charge is 0.330 e. The molecule has 0 bridgehead atoms. The molecule has 0 radical (unpaired) electrons. The average Bonchev–Trinajstić information content (AvgIpc) is 2.15. The molecule has 86 valence electrons. The first-order chi connectivity index (χ1) is 7.49. The molecule has 3 atom stereocenters. The van der Waals surface area contributed by atoms with Crippen LogP contribution >= 0.6 is 0 Å². The number of carboxylic acid groups (broad SMARTS) is 1. The van der Waals surface area contributed by atoms with Crippen molar-refractivity contribution in [2.45, 2.75) is 18.2 Å². The van der Waals surface area contributed by atoms with E-state index in [2.05, 4.69) is 16.0 Å². The lowest BCUT2D eigenvalue weighted by Gasteiger charge is -2.38. The maximum atomic E-state index is 11.3. The topological polar surface area (TPSA) is 137 Å². The molecule has 0 spiro atoms. The molecular weight excluding hydrogens is 220 g/mol. The van der Waals surface area contributed by atoms with E-state index in [0.717, 1.165) is 0 Å². The number of carboxylic acids is 1. The number of hydrogen-bond acceptors (Lipinski definition) is 5. The third kappa shape index (κ3) is 1.56. The predicted octanol–water partition coefficient (Wildman–Crippen LogP) is -3.31. The SMILES string of the molecule is O=C1NC(=O)C2NC(C(=O)O)C(=O)NC2N1. The van der Waals surface area contributed by atoms with Crippen molar-refractivity contribution in [2.75, 3.05) is 0 Å². The normalized spacial score (nSPS) is 33.2. The minimum absolute atomic E-state index is 0.681. The molecule has 5 N–H and O–H groups in total. The van der Waals surface area contributed by atoms with E-state index >= 15 is 0 Å². The Kier molecular flexibility index (Phi) is 2.23. The van der Waals surface area contributed by atoms with E-state index in [1.54, 1.807) is 0 Å². The molecule has 2 fully saturated rings. The predicted molar refractivity (Wildman–Crippen MR) is 47.0 cm³/mol. The molecule has 2 aliphatic heterocycles. The van der Waals surface area contributed by atoms with Gasteiger partial charge in [0, 0.05) is 0 Å². The number of hydrogen-bond donors (Lipinski definition) is 5. The van der Waals surface area contributed by atoms with Crippen molar-refractivity contribution in [1.82, 2.24) is 21.3 Å². The highest BCUT2D eigenvalue weighted by atomic mass is 16.4. The zero-order chi connectivity index (χ0) is 11.9. The molecule has 0 saturated carbocycles. The Balaban J connectivity index is 2.19. The van der Waals surface area contributed by atoms with Gasteiger partial charge in [-0.3, -0.25) is 20.2 Å². The van der Waals surface area contributed by atoms with Crippen LogP contribution in [0.25, 0.3) is 0 Å². The largest absolute Gasteiger partial charge is 0.480 e. The number of rotatable bonds is 1. The van der Waals surface area contributed by atoms with Gasteiger partial charge >= 0.3 is 12.0 Å². The van der Waals surface area contributed by atoms with E-state index < -0.39 is 42.1 Å². The number of urea groups is 1. The summed E-state index contributed by atoms with van der Waals surface area (Å²) in [7, 11) is 0. The van der Waals surface area contributed by atoms with Gasteiger partial charge in [-0.15, -0.1) is 0 Å². The molecule has 9 nitrogen and oxygen atoms in total. The summed E-state index contributed by atoms with van der Waals surface area (Å²) >= 11 is 0. The van der Waals surface area contributed by atoms with Crippen molar-refractivity contribution in [3.63, 3.8) is 0 Å². The van der Waals surface area contributed by atoms with Crippen LogP contribution in [0.5, 0.6) is 0 Å². The molecule has 9 heteroatoms. The van der Waals surface area contributed by atoms with Crippen LogP contribution in [-0.4, -0.2) is 47.2 Å². The molecule has 4 amide bonds. The van der Waals surface area contributed by atoms with Gasteiger partial charge in [-0.1, -0.05) is 0 Å². The first kappa shape index (κ1) is 10.4. The Morgan fingerprint density at radius 3 is 2.44 bits per heavy atom. The second kappa shape index (κ2) is 3.45. The van der Waals surface area contributed by atoms with Gasteiger partial charge in [-0.25, -0.2) is 9.59 Å². The van der Waals surface area contributed by atoms with Crippen molar-refractivity contribution in [3.05, 3.63) is 0 Å². The van der Waals surface area contributed by atoms with Crippen molar-refractivity contribution in [2.24, 2.45) is 0 Å². The van der Waals surface area contributed by atoms with Gasteiger partial charge in [-0.05, 0) is 0 Å². The molecular formula is C7H8N4O5. The minimum atomic E-state index is -1.50. The summed E-state index contributed by atoms with van der Waals surface area (Å²) in [4.78, 5) is 44.2. The highest BCUT2D eigenvalue weighted by molar-refractivity contribution is 6.06. The van der Waals surface area contributed by atoms with Crippen LogP contribution < -0.4 is 21.3 Å². The second-order valence-corrected chi connectivity index (χ2v) is 3.36. The number of aliphatic carboxylic acids is 1. The lowest BCUT2D eigenvalue weighted by molar-refractivity contribution is -0.147. The lowest BCUT2D eigenvalue weighted by atomic mass is 10.1. The third-order valence-corrected chi connectivity index (χ3v) is 2.29. The second-order valence-electron chi connectivity index (χ2n) is 3.36. The highest BCUT2D eigenvalue weighted by Gasteiger charge is 2.45. The van der Waals surface area contributed by atoms with E-state index in [1.165, 1.54) is 0 Å². The van der Waals surface area contributed by atoms with Crippen molar-refractivity contribution < 1.29 is 24.3 Å². The Labute approximate surface area is 88.6 Å². The highest BCUT2D eigenvalue weighted by Crippen LogP contribution is 2.05. The van der Waals surface area contributed by atoms with E-state index in [9.17, 15) is 19.2 Å².